The van der Waals surface area contributed by atoms with Crippen LogP contribution in [0.4, 0.5) is 4.79 Å². The summed E-state index contributed by atoms with van der Waals surface area (Å²) in [7, 11) is 0. The fourth-order valence-corrected chi connectivity index (χ4v) is 2.54. The van der Waals surface area contributed by atoms with Gasteiger partial charge >= 0.3 is 12.0 Å². The summed E-state index contributed by atoms with van der Waals surface area (Å²) in [6.07, 6.45) is 3.62. The monoisotopic (exact) mass is 300 g/mol. The van der Waals surface area contributed by atoms with E-state index in [4.69, 9.17) is 9.84 Å². The molecule has 122 valence electrons. The van der Waals surface area contributed by atoms with Crippen LogP contribution in [0.3, 0.4) is 0 Å². The number of amides is 2. The van der Waals surface area contributed by atoms with Crippen molar-refractivity contribution < 1.29 is 19.4 Å². The molecule has 6 nitrogen and oxygen atoms in total. The minimum absolute atomic E-state index is 0.139. The predicted octanol–water partition coefficient (Wildman–Crippen LogP) is 1.99. The first kappa shape index (κ1) is 17.8. The van der Waals surface area contributed by atoms with E-state index in [0.29, 0.717) is 24.8 Å². The summed E-state index contributed by atoms with van der Waals surface area (Å²) < 4.78 is 5.32. The molecule has 0 aromatic rings. The summed E-state index contributed by atoms with van der Waals surface area (Å²) in [6, 6.07) is 0.0118. The Labute approximate surface area is 126 Å². The van der Waals surface area contributed by atoms with Gasteiger partial charge in [0, 0.05) is 32.2 Å². The van der Waals surface area contributed by atoms with Crippen LogP contribution in [0.1, 0.15) is 46.0 Å². The average Bonchev–Trinajstić information content (AvgIpc) is 2.46. The highest BCUT2D eigenvalue weighted by Gasteiger charge is 2.21. The van der Waals surface area contributed by atoms with Gasteiger partial charge in [0.2, 0.25) is 0 Å². The van der Waals surface area contributed by atoms with E-state index in [1.807, 2.05) is 13.8 Å². The zero-order valence-corrected chi connectivity index (χ0v) is 13.1. The van der Waals surface area contributed by atoms with Crippen molar-refractivity contribution >= 4 is 12.0 Å². The van der Waals surface area contributed by atoms with Crippen LogP contribution in [0.15, 0.2) is 0 Å². The van der Waals surface area contributed by atoms with E-state index in [1.165, 1.54) is 0 Å². The van der Waals surface area contributed by atoms with Crippen molar-refractivity contribution in [3.05, 3.63) is 0 Å². The summed E-state index contributed by atoms with van der Waals surface area (Å²) in [5.41, 5.74) is 0. The molecule has 2 amide bonds. The maximum Gasteiger partial charge on any atom is 0.315 e. The first-order valence-electron chi connectivity index (χ1n) is 7.83. The van der Waals surface area contributed by atoms with Gasteiger partial charge in [0.05, 0.1) is 0 Å². The molecule has 1 fully saturated rings. The SMILES string of the molecule is CC(CCNC(=O)NC(C)C1CCOCC1)CCC(=O)O. The first-order valence-corrected chi connectivity index (χ1v) is 7.83. The van der Waals surface area contributed by atoms with E-state index in [2.05, 4.69) is 10.6 Å². The Morgan fingerprint density at radius 3 is 2.52 bits per heavy atom. The molecule has 0 radical (unpaired) electrons. The number of nitrogens with one attached hydrogen (secondary N) is 2. The normalized spacial score (nSPS) is 18.8. The van der Waals surface area contributed by atoms with Gasteiger partial charge in [-0.1, -0.05) is 6.92 Å². The lowest BCUT2D eigenvalue weighted by atomic mass is 9.93. The van der Waals surface area contributed by atoms with Crippen molar-refractivity contribution in [3.63, 3.8) is 0 Å². The van der Waals surface area contributed by atoms with E-state index in [-0.39, 0.29) is 18.5 Å². The second-order valence-electron chi connectivity index (χ2n) is 5.96. The highest BCUT2D eigenvalue weighted by molar-refractivity contribution is 5.74. The molecule has 1 rings (SSSR count). The van der Waals surface area contributed by atoms with Crippen molar-refractivity contribution in [2.45, 2.75) is 52.0 Å². The maximum atomic E-state index is 11.8. The first-order chi connectivity index (χ1) is 9.99. The number of carboxylic acid groups (broad SMARTS) is 1. The van der Waals surface area contributed by atoms with Gasteiger partial charge in [-0.3, -0.25) is 4.79 Å². The number of urea groups is 1. The van der Waals surface area contributed by atoms with Gasteiger partial charge in [-0.2, -0.15) is 0 Å². The van der Waals surface area contributed by atoms with Gasteiger partial charge in [-0.15, -0.1) is 0 Å². The minimum atomic E-state index is -0.766. The van der Waals surface area contributed by atoms with E-state index in [0.717, 1.165) is 32.5 Å². The number of ether oxygens (including phenoxy) is 1. The lowest BCUT2D eigenvalue weighted by Crippen LogP contribution is -2.45. The van der Waals surface area contributed by atoms with Crippen molar-refractivity contribution in [2.75, 3.05) is 19.8 Å². The summed E-state index contributed by atoms with van der Waals surface area (Å²) >= 11 is 0. The molecule has 21 heavy (non-hydrogen) atoms. The highest BCUT2D eigenvalue weighted by Crippen LogP contribution is 2.18. The fraction of sp³-hybridized carbons (Fsp3) is 0.867. The molecule has 0 aromatic heterocycles. The predicted molar refractivity (Wildman–Crippen MR) is 80.2 cm³/mol. The molecule has 1 aliphatic heterocycles. The molecular formula is C15H28N2O4. The molecule has 0 saturated carbocycles. The van der Waals surface area contributed by atoms with Gasteiger partial charge in [0.25, 0.3) is 0 Å². The molecule has 0 bridgehead atoms. The van der Waals surface area contributed by atoms with Crippen LogP contribution in [0, 0.1) is 11.8 Å². The van der Waals surface area contributed by atoms with Gasteiger partial charge in [0.1, 0.15) is 0 Å². The summed E-state index contributed by atoms with van der Waals surface area (Å²) in [5, 5.41) is 14.4. The van der Waals surface area contributed by atoms with Crippen LogP contribution in [-0.2, 0) is 9.53 Å². The number of carbonyl (C=O) groups is 2. The molecule has 0 aliphatic carbocycles. The van der Waals surface area contributed by atoms with E-state index in [9.17, 15) is 9.59 Å². The number of hydrogen-bond acceptors (Lipinski definition) is 3. The smallest absolute Gasteiger partial charge is 0.315 e. The molecule has 1 heterocycles. The zero-order chi connectivity index (χ0) is 15.7. The number of carboxylic acids is 1. The molecule has 2 unspecified atom stereocenters. The van der Waals surface area contributed by atoms with Crippen molar-refractivity contribution in [3.8, 4) is 0 Å². The molecule has 0 aromatic carbocycles. The Balaban J connectivity index is 2.11. The van der Waals surface area contributed by atoms with Crippen molar-refractivity contribution in [1.82, 2.24) is 10.6 Å². The Morgan fingerprint density at radius 2 is 1.90 bits per heavy atom. The lowest BCUT2D eigenvalue weighted by molar-refractivity contribution is -0.137. The van der Waals surface area contributed by atoms with Gasteiger partial charge < -0.3 is 20.5 Å². The molecule has 0 spiro atoms. The number of carbonyl (C=O) groups excluding carboxylic acids is 1. The van der Waals surface area contributed by atoms with Crippen LogP contribution in [-0.4, -0.2) is 42.9 Å². The van der Waals surface area contributed by atoms with E-state index in [1.54, 1.807) is 0 Å². The zero-order valence-electron chi connectivity index (χ0n) is 13.1. The van der Waals surface area contributed by atoms with Crippen LogP contribution in [0.25, 0.3) is 0 Å². The van der Waals surface area contributed by atoms with Crippen LogP contribution in [0.2, 0.25) is 0 Å². The molecule has 2 atom stereocenters. The van der Waals surface area contributed by atoms with Crippen molar-refractivity contribution in [2.24, 2.45) is 11.8 Å². The van der Waals surface area contributed by atoms with Gasteiger partial charge in [0.15, 0.2) is 0 Å². The summed E-state index contributed by atoms with van der Waals surface area (Å²) in [6.45, 7) is 6.17. The standard InChI is InChI=1S/C15H28N2O4/c1-11(3-4-14(18)19)5-8-16-15(20)17-12(2)13-6-9-21-10-7-13/h11-13H,3-10H2,1-2H3,(H,18,19)(H2,16,17,20). The second kappa shape index (κ2) is 9.60. The fourth-order valence-electron chi connectivity index (χ4n) is 2.54. The molecule has 3 N–H and O–H groups in total. The molecule has 1 aliphatic rings. The maximum absolute atomic E-state index is 11.8. The van der Waals surface area contributed by atoms with Gasteiger partial charge in [-0.05, 0) is 44.4 Å². The van der Waals surface area contributed by atoms with Crippen LogP contribution < -0.4 is 10.6 Å². The third-order valence-electron chi connectivity index (χ3n) is 4.11. The van der Waals surface area contributed by atoms with E-state index < -0.39 is 5.97 Å². The topological polar surface area (TPSA) is 87.7 Å². The summed E-state index contributed by atoms with van der Waals surface area (Å²) in [5.74, 6) is 0.0196. The Kier molecular flexibility index (Phi) is 8.12. The lowest BCUT2D eigenvalue weighted by Gasteiger charge is -2.28. The number of hydrogen-bond donors (Lipinski definition) is 3. The Morgan fingerprint density at radius 1 is 1.24 bits per heavy atom. The Hall–Kier alpha value is -1.30. The third kappa shape index (κ3) is 7.90. The van der Waals surface area contributed by atoms with Gasteiger partial charge in [-0.25, -0.2) is 4.79 Å². The van der Waals surface area contributed by atoms with Crippen LogP contribution in [0.5, 0.6) is 0 Å². The highest BCUT2D eigenvalue weighted by atomic mass is 16.5. The quantitative estimate of drug-likeness (QED) is 0.639. The third-order valence-corrected chi connectivity index (χ3v) is 4.11. The Bertz CT molecular complexity index is 330. The van der Waals surface area contributed by atoms with Crippen LogP contribution >= 0.6 is 0 Å². The largest absolute Gasteiger partial charge is 0.481 e. The van der Waals surface area contributed by atoms with E-state index >= 15 is 0 Å². The molecular weight excluding hydrogens is 272 g/mol. The number of aliphatic carboxylic acids is 1. The summed E-state index contributed by atoms with van der Waals surface area (Å²) in [4.78, 5) is 22.3. The van der Waals surface area contributed by atoms with Crippen molar-refractivity contribution in [1.29, 1.82) is 0 Å². The molecule has 6 heteroatoms. The second-order valence-corrected chi connectivity index (χ2v) is 5.96. The average molecular weight is 300 g/mol. The minimum Gasteiger partial charge on any atom is -0.481 e. The molecule has 1 saturated heterocycles. The number of rotatable bonds is 8.